The Morgan fingerprint density at radius 3 is 1.21 bits per heavy atom. The van der Waals surface area contributed by atoms with Crippen LogP contribution in [0.4, 0.5) is 38.5 Å². The number of likely N-dealkylation sites (tertiary alicyclic amines) is 1. The van der Waals surface area contributed by atoms with E-state index in [0.29, 0.717) is 45.7 Å². The number of methoxy groups -OCH3 is 4. The van der Waals surface area contributed by atoms with Gasteiger partial charge in [-0.1, -0.05) is 23.2 Å². The summed E-state index contributed by atoms with van der Waals surface area (Å²) in [5, 5.41) is 26.9. The van der Waals surface area contributed by atoms with Gasteiger partial charge in [-0.2, -0.15) is 42.3 Å². The summed E-state index contributed by atoms with van der Waals surface area (Å²) in [6.07, 6.45) is 17.6. The zero-order valence-corrected chi connectivity index (χ0v) is 57.5. The fraction of sp³-hybridized carbons (Fsp3) is 0.261. The third-order valence-corrected chi connectivity index (χ3v) is 16.8. The van der Waals surface area contributed by atoms with E-state index in [0.717, 1.165) is 133 Å². The van der Waals surface area contributed by atoms with Crippen LogP contribution in [0.15, 0.2) is 165 Å². The highest BCUT2D eigenvalue weighted by Gasteiger charge is 2.37. The summed E-state index contributed by atoms with van der Waals surface area (Å²) in [7, 11) is 12.2. The Labute approximate surface area is 579 Å². The van der Waals surface area contributed by atoms with Crippen LogP contribution in [0.2, 0.25) is 10.0 Å². The van der Waals surface area contributed by atoms with Crippen molar-refractivity contribution in [3.63, 3.8) is 0 Å². The number of nitrogens with zero attached hydrogens (tertiary/aromatic N) is 16. The van der Waals surface area contributed by atoms with Crippen LogP contribution in [-0.2, 0) is 21.1 Å². The first kappa shape index (κ1) is 69.5. The Hall–Kier alpha value is -9.34. The molecule has 2 bridgehead atoms. The average molecular weight is 1380 g/mol. The normalized spacial score (nSPS) is 13.9. The number of anilines is 6. The van der Waals surface area contributed by atoms with Crippen LogP contribution < -0.4 is 39.0 Å². The number of aliphatic hydroxyl groups is 1. The summed E-state index contributed by atoms with van der Waals surface area (Å²) in [6, 6.07) is 35.8. The molecule has 8 heterocycles. The number of aliphatic hydroxyl groups excluding tert-OH is 1. The van der Waals surface area contributed by atoms with Crippen LogP contribution in [0.3, 0.4) is 0 Å². The van der Waals surface area contributed by atoms with Gasteiger partial charge in [-0.15, -0.1) is 0 Å². The molecule has 2 fully saturated rings. The number of aryl methyl sites for hydroxylation is 3. The maximum atomic E-state index is 13.4. The lowest BCUT2D eigenvalue weighted by molar-refractivity contribution is 0.232. The highest BCUT2D eigenvalue weighted by molar-refractivity contribution is 7.59. The molecule has 0 spiro atoms. The quantitative estimate of drug-likeness (QED) is 0.0726. The molecule has 498 valence electrons. The topological polar surface area (TPSA) is 213 Å². The Morgan fingerprint density at radius 1 is 0.490 bits per heavy atom. The van der Waals surface area contributed by atoms with Crippen molar-refractivity contribution in [2.75, 3.05) is 95.7 Å². The SMILES string of the molecule is COc1cc(OC)cc(N(CCF)c2ccc3ncc(-c4cnn(C)c4)nc3c2)c1.COc1cc(OC)cc(N(CCN2C[C@@H]3C[C@H]2CN3)c2ccc3ncc(-c4cnn(C)c4)nc3c2)c1.Cn1cc(-c2cnc3ccc(N(CCO)c4cc(Cl)cc(Cl)c4)cc3n2)cn1.S.S. The van der Waals surface area contributed by atoms with Crippen molar-refractivity contribution in [1.29, 1.82) is 0 Å². The van der Waals surface area contributed by atoms with Crippen molar-refractivity contribution in [3.05, 3.63) is 175 Å². The number of hydrogen-bond donors (Lipinski definition) is 2. The Balaban J connectivity index is 0.000000156. The summed E-state index contributed by atoms with van der Waals surface area (Å²) in [6.45, 7) is 4.03. The van der Waals surface area contributed by atoms with E-state index in [2.05, 4.69) is 69.6 Å². The van der Waals surface area contributed by atoms with E-state index < -0.39 is 6.67 Å². The molecule has 2 N–H and O–H groups in total. The van der Waals surface area contributed by atoms with Crippen molar-refractivity contribution >= 4 is 117 Å². The number of nitrogens with one attached hydrogen (secondary N) is 1. The minimum atomic E-state index is -0.515. The molecule has 2 aliphatic heterocycles. The van der Waals surface area contributed by atoms with Crippen LogP contribution in [0.1, 0.15) is 6.42 Å². The smallest absolute Gasteiger partial charge is 0.124 e. The lowest BCUT2D eigenvalue weighted by Crippen LogP contribution is -2.46. The molecular formula is C69H74Cl2FN17O5S2. The fourth-order valence-corrected chi connectivity index (χ4v) is 12.2. The number of fused-ring (bicyclic) bond motifs is 5. The number of rotatable bonds is 20. The molecule has 0 aliphatic carbocycles. The molecule has 0 radical (unpaired) electrons. The number of piperazine rings is 1. The number of ether oxygens (including phenoxy) is 4. The minimum Gasteiger partial charge on any atom is -0.497 e. The molecule has 6 aromatic carbocycles. The highest BCUT2D eigenvalue weighted by atomic mass is 35.5. The molecule has 12 aromatic rings. The zero-order chi connectivity index (χ0) is 65.4. The van der Waals surface area contributed by atoms with Crippen molar-refractivity contribution in [3.8, 4) is 56.8 Å². The molecular weight excluding hydrogens is 1300 g/mol. The first-order valence-electron chi connectivity index (χ1n) is 30.4. The lowest BCUT2D eigenvalue weighted by atomic mass is 10.2. The number of benzene rings is 6. The molecule has 0 saturated carbocycles. The average Bonchev–Trinajstić information content (AvgIpc) is 1.09. The molecule has 96 heavy (non-hydrogen) atoms. The molecule has 0 unspecified atom stereocenters. The third-order valence-electron chi connectivity index (χ3n) is 16.4. The Bertz CT molecular complexity index is 4580. The maximum absolute atomic E-state index is 13.4. The van der Waals surface area contributed by atoms with Gasteiger partial charge in [-0.05, 0) is 79.2 Å². The van der Waals surface area contributed by atoms with E-state index in [1.807, 2.05) is 129 Å². The monoisotopic (exact) mass is 1370 g/mol. The largest absolute Gasteiger partial charge is 0.497 e. The molecule has 2 aliphatic rings. The predicted octanol–water partition coefficient (Wildman–Crippen LogP) is 12.1. The van der Waals surface area contributed by atoms with E-state index >= 15 is 0 Å². The third kappa shape index (κ3) is 16.1. The fourth-order valence-electron chi connectivity index (χ4n) is 11.7. The predicted molar refractivity (Wildman–Crippen MR) is 387 cm³/mol. The Kier molecular flexibility index (Phi) is 22.8. The minimum absolute atomic E-state index is 0. The van der Waals surface area contributed by atoms with E-state index in [4.69, 9.17) is 57.1 Å². The van der Waals surface area contributed by atoms with E-state index in [-0.39, 0.29) is 40.1 Å². The van der Waals surface area contributed by atoms with Gasteiger partial charge in [0.15, 0.2) is 0 Å². The molecule has 22 nitrogen and oxygen atoms in total. The summed E-state index contributed by atoms with van der Waals surface area (Å²) < 4.78 is 40.6. The highest BCUT2D eigenvalue weighted by Crippen LogP contribution is 2.38. The first-order valence-corrected chi connectivity index (χ1v) is 31.2. The lowest BCUT2D eigenvalue weighted by Gasteiger charge is -2.32. The standard InChI is InChI=1S/C27H31N7O2.C22H22FN5O2.C20H17Cl2N5O.2H2S/c1-32-16-18(13-30-32)27-15-29-25-5-4-20(11-26(25)31-27)34(7-6-33-17-19-8-22(33)14-28-19)21-9-23(35-2)12-24(10-21)36-3;1-27-14-15(12-25-27)22-13-24-20-5-4-16(10-21(20)26-22)28(7-6-23)17-8-18(29-2)11-19(9-17)30-3;1-26-12-13(10-24-26)20-11-23-18-3-2-16(9-19(18)25-20)27(4-5-28)17-7-14(21)6-15(22)8-17;;/h4-5,9-13,15-16,19,22,28H,6-8,14,17H2,1-3H3;4-5,8-14H,6-7H2,1-3H3;2-3,6-12,28H,4-5H2,1H3;2*1H2/t19-,22-;;;;/m0..../s1. The van der Waals surface area contributed by atoms with Crippen molar-refractivity contribution < 1.29 is 28.4 Å². The number of halogens is 3. The van der Waals surface area contributed by atoms with Gasteiger partial charge in [0.1, 0.15) is 29.7 Å². The van der Waals surface area contributed by atoms with Crippen LogP contribution in [0.5, 0.6) is 23.0 Å². The molecule has 6 aromatic heterocycles. The zero-order valence-electron chi connectivity index (χ0n) is 54.0. The van der Waals surface area contributed by atoms with Gasteiger partial charge in [-0.25, -0.2) is 19.3 Å². The van der Waals surface area contributed by atoms with Gasteiger partial charge < -0.3 is 44.1 Å². The van der Waals surface area contributed by atoms with E-state index in [1.165, 1.54) is 6.42 Å². The molecule has 14 rings (SSSR count). The molecule has 2 atom stereocenters. The molecule has 27 heteroatoms. The summed E-state index contributed by atoms with van der Waals surface area (Å²) in [4.78, 5) is 36.8. The van der Waals surface area contributed by atoms with Crippen molar-refractivity contribution in [1.82, 2.24) is 69.5 Å². The van der Waals surface area contributed by atoms with Crippen LogP contribution in [0.25, 0.3) is 66.9 Å². The van der Waals surface area contributed by atoms with Crippen molar-refractivity contribution in [2.24, 2.45) is 21.1 Å². The first-order chi connectivity index (χ1) is 45.7. The van der Waals surface area contributed by atoms with Gasteiger partial charge in [0.05, 0.1) is 129 Å². The van der Waals surface area contributed by atoms with E-state index in [1.54, 1.807) is 85.6 Å². The van der Waals surface area contributed by atoms with Crippen LogP contribution in [0, 0.1) is 0 Å². The maximum Gasteiger partial charge on any atom is 0.124 e. The summed E-state index contributed by atoms with van der Waals surface area (Å²) in [5.41, 5.74) is 15.0. The van der Waals surface area contributed by atoms with E-state index in [9.17, 15) is 9.50 Å². The van der Waals surface area contributed by atoms with Gasteiger partial charge in [0.2, 0.25) is 0 Å². The van der Waals surface area contributed by atoms with Gasteiger partial charge in [-0.3, -0.25) is 33.9 Å². The van der Waals surface area contributed by atoms with Gasteiger partial charge in [0, 0.05) is 182 Å². The Morgan fingerprint density at radius 2 is 0.875 bits per heavy atom. The number of hydrogen-bond acceptors (Lipinski definition) is 19. The van der Waals surface area contributed by atoms with Gasteiger partial charge in [0.25, 0.3) is 0 Å². The van der Waals surface area contributed by atoms with Crippen LogP contribution in [-0.4, -0.2) is 162 Å². The summed E-state index contributed by atoms with van der Waals surface area (Å²) >= 11 is 12.3. The number of aromatic nitrogens is 12. The van der Waals surface area contributed by atoms with Crippen molar-refractivity contribution in [2.45, 2.75) is 18.5 Å². The molecule has 0 amide bonds. The second-order valence-electron chi connectivity index (χ2n) is 22.6. The van der Waals surface area contributed by atoms with Crippen LogP contribution >= 0.6 is 50.2 Å². The summed E-state index contributed by atoms with van der Waals surface area (Å²) in [5.74, 6) is 2.79. The number of alkyl halides is 1. The van der Waals surface area contributed by atoms with Gasteiger partial charge >= 0.3 is 0 Å². The second kappa shape index (κ2) is 31.5. The molecule has 2 saturated heterocycles. The second-order valence-corrected chi connectivity index (χ2v) is 23.5.